The Morgan fingerprint density at radius 3 is 2.50 bits per heavy atom. The van der Waals surface area contributed by atoms with E-state index in [1.165, 1.54) is 5.56 Å². The highest BCUT2D eigenvalue weighted by molar-refractivity contribution is 5.28. The minimum atomic E-state index is -0.297. The molecule has 1 N–H and O–H groups in total. The highest BCUT2D eigenvalue weighted by atomic mass is 16.5. The Labute approximate surface area is 110 Å². The van der Waals surface area contributed by atoms with Crippen molar-refractivity contribution >= 4 is 0 Å². The van der Waals surface area contributed by atoms with Gasteiger partial charge in [0.15, 0.2) is 0 Å². The second-order valence-electron chi connectivity index (χ2n) is 5.29. The van der Waals surface area contributed by atoms with Crippen molar-refractivity contribution in [2.24, 2.45) is 5.92 Å². The fourth-order valence-corrected chi connectivity index (χ4v) is 2.12. The average molecular weight is 251 g/mol. The number of aliphatic hydroxyl groups is 1. The van der Waals surface area contributed by atoms with Crippen LogP contribution in [0.25, 0.3) is 0 Å². The van der Waals surface area contributed by atoms with E-state index in [1.807, 2.05) is 19.1 Å². The van der Waals surface area contributed by atoms with Crippen molar-refractivity contribution in [2.75, 3.05) is 20.2 Å². The molecule has 0 aliphatic carbocycles. The molecule has 0 radical (unpaired) electrons. The van der Waals surface area contributed by atoms with Gasteiger partial charge in [0.05, 0.1) is 13.2 Å². The van der Waals surface area contributed by atoms with Crippen LogP contribution in [-0.2, 0) is 6.54 Å². The molecule has 18 heavy (non-hydrogen) atoms. The number of benzene rings is 1. The molecule has 0 aromatic heterocycles. The molecule has 0 saturated heterocycles. The van der Waals surface area contributed by atoms with E-state index < -0.39 is 0 Å². The Morgan fingerprint density at radius 2 is 1.94 bits per heavy atom. The van der Waals surface area contributed by atoms with Crippen LogP contribution in [-0.4, -0.2) is 36.3 Å². The number of ether oxygens (including phenoxy) is 1. The lowest BCUT2D eigenvalue weighted by atomic mass is 10.1. The highest BCUT2D eigenvalue weighted by Crippen LogP contribution is 2.15. The van der Waals surface area contributed by atoms with Crippen LogP contribution >= 0.6 is 0 Å². The van der Waals surface area contributed by atoms with Gasteiger partial charge in [0.2, 0.25) is 0 Å². The van der Waals surface area contributed by atoms with Gasteiger partial charge in [0.1, 0.15) is 5.75 Å². The molecule has 1 aromatic rings. The third-order valence-electron chi connectivity index (χ3n) is 2.69. The fourth-order valence-electron chi connectivity index (χ4n) is 2.12. The smallest absolute Gasteiger partial charge is 0.119 e. The van der Waals surface area contributed by atoms with Gasteiger partial charge in [-0.15, -0.1) is 0 Å². The van der Waals surface area contributed by atoms with E-state index in [1.54, 1.807) is 7.11 Å². The van der Waals surface area contributed by atoms with Crippen LogP contribution in [0.5, 0.6) is 5.75 Å². The van der Waals surface area contributed by atoms with Crippen molar-refractivity contribution in [3.63, 3.8) is 0 Å². The summed E-state index contributed by atoms with van der Waals surface area (Å²) in [7, 11) is 1.68. The first-order chi connectivity index (χ1) is 8.51. The number of methoxy groups -OCH3 is 1. The van der Waals surface area contributed by atoms with Crippen molar-refractivity contribution in [3.05, 3.63) is 29.8 Å². The molecule has 0 amide bonds. The molecule has 0 bridgehead atoms. The lowest BCUT2D eigenvalue weighted by Gasteiger charge is -2.25. The van der Waals surface area contributed by atoms with Crippen LogP contribution in [0.3, 0.4) is 0 Å². The van der Waals surface area contributed by atoms with Crippen LogP contribution in [0.15, 0.2) is 24.3 Å². The first-order valence-electron chi connectivity index (χ1n) is 6.54. The topological polar surface area (TPSA) is 32.7 Å². The summed E-state index contributed by atoms with van der Waals surface area (Å²) in [5.41, 5.74) is 1.22. The van der Waals surface area contributed by atoms with Crippen LogP contribution in [0.4, 0.5) is 0 Å². The second-order valence-corrected chi connectivity index (χ2v) is 5.29. The maximum Gasteiger partial charge on any atom is 0.119 e. The fraction of sp³-hybridized carbons (Fsp3) is 0.600. The van der Waals surface area contributed by atoms with Gasteiger partial charge in [-0.1, -0.05) is 26.0 Å². The van der Waals surface area contributed by atoms with E-state index in [0.717, 1.165) is 18.8 Å². The number of hydrogen-bond donors (Lipinski definition) is 1. The van der Waals surface area contributed by atoms with Crippen molar-refractivity contribution in [1.82, 2.24) is 4.90 Å². The summed E-state index contributed by atoms with van der Waals surface area (Å²) in [5, 5.41) is 9.55. The summed E-state index contributed by atoms with van der Waals surface area (Å²) < 4.78 is 5.23. The van der Waals surface area contributed by atoms with E-state index in [2.05, 4.69) is 30.9 Å². The zero-order valence-electron chi connectivity index (χ0n) is 11.9. The molecule has 0 saturated carbocycles. The Morgan fingerprint density at radius 1 is 1.22 bits per heavy atom. The third-order valence-corrected chi connectivity index (χ3v) is 2.69. The Hall–Kier alpha value is -1.06. The monoisotopic (exact) mass is 251 g/mol. The summed E-state index contributed by atoms with van der Waals surface area (Å²) in [4.78, 5) is 2.28. The lowest BCUT2D eigenvalue weighted by Crippen LogP contribution is -2.33. The predicted molar refractivity (Wildman–Crippen MR) is 74.8 cm³/mol. The number of rotatable bonds is 7. The number of aliphatic hydroxyl groups excluding tert-OH is 1. The van der Waals surface area contributed by atoms with Crippen LogP contribution in [0, 0.1) is 5.92 Å². The summed E-state index contributed by atoms with van der Waals surface area (Å²) in [6.45, 7) is 8.76. The van der Waals surface area contributed by atoms with Gasteiger partial charge in [-0.25, -0.2) is 0 Å². The van der Waals surface area contributed by atoms with Crippen molar-refractivity contribution in [3.8, 4) is 5.75 Å². The van der Waals surface area contributed by atoms with Gasteiger partial charge in [0, 0.05) is 19.6 Å². The predicted octanol–water partition coefficient (Wildman–Crippen LogP) is 2.53. The lowest BCUT2D eigenvalue weighted by molar-refractivity contribution is 0.114. The van der Waals surface area contributed by atoms with Gasteiger partial charge in [0.25, 0.3) is 0 Å². The van der Waals surface area contributed by atoms with Crippen molar-refractivity contribution < 1.29 is 9.84 Å². The van der Waals surface area contributed by atoms with Crippen molar-refractivity contribution in [1.29, 1.82) is 0 Å². The molecule has 0 aliphatic rings. The minimum absolute atomic E-state index is 0.297. The normalized spacial score (nSPS) is 13.1. The number of nitrogens with zero attached hydrogens (tertiary/aromatic N) is 1. The molecule has 0 spiro atoms. The zero-order chi connectivity index (χ0) is 13.5. The van der Waals surface area contributed by atoms with Gasteiger partial charge in [-0.3, -0.25) is 4.90 Å². The maximum absolute atomic E-state index is 9.55. The molecular weight excluding hydrogens is 226 g/mol. The van der Waals surface area contributed by atoms with Gasteiger partial charge < -0.3 is 9.84 Å². The minimum Gasteiger partial charge on any atom is -0.497 e. The van der Waals surface area contributed by atoms with Gasteiger partial charge >= 0.3 is 0 Å². The maximum atomic E-state index is 9.55. The van der Waals surface area contributed by atoms with E-state index in [9.17, 15) is 5.11 Å². The largest absolute Gasteiger partial charge is 0.497 e. The molecule has 3 nitrogen and oxygen atoms in total. The van der Waals surface area contributed by atoms with E-state index in [0.29, 0.717) is 12.5 Å². The van der Waals surface area contributed by atoms with E-state index in [-0.39, 0.29) is 6.10 Å². The van der Waals surface area contributed by atoms with E-state index >= 15 is 0 Å². The molecule has 0 unspecified atom stereocenters. The molecule has 0 fully saturated rings. The van der Waals surface area contributed by atoms with Gasteiger partial charge in [-0.2, -0.15) is 0 Å². The SMILES string of the molecule is COc1cccc(CN(CC(C)C)C[C@H](C)O)c1. The molecule has 0 aliphatic heterocycles. The molecule has 1 aromatic carbocycles. The molecule has 102 valence electrons. The summed E-state index contributed by atoms with van der Waals surface area (Å²) in [6.07, 6.45) is -0.297. The first-order valence-corrected chi connectivity index (χ1v) is 6.54. The van der Waals surface area contributed by atoms with Gasteiger partial charge in [-0.05, 0) is 30.5 Å². The van der Waals surface area contributed by atoms with E-state index in [4.69, 9.17) is 4.74 Å². The van der Waals surface area contributed by atoms with Crippen LogP contribution in [0.1, 0.15) is 26.3 Å². The molecule has 3 heteroatoms. The molecule has 1 atom stereocenters. The Kier molecular flexibility index (Phi) is 6.16. The Balaban J connectivity index is 2.68. The quantitative estimate of drug-likeness (QED) is 0.808. The van der Waals surface area contributed by atoms with Crippen LogP contribution in [0.2, 0.25) is 0 Å². The Bertz CT molecular complexity index is 340. The summed E-state index contributed by atoms with van der Waals surface area (Å²) in [5.74, 6) is 1.48. The standard InChI is InChI=1S/C15H25NO2/c1-12(2)9-16(10-13(3)17)11-14-6-5-7-15(8-14)18-4/h5-8,12-13,17H,9-11H2,1-4H3/t13-/m0/s1. The molecule has 1 rings (SSSR count). The highest BCUT2D eigenvalue weighted by Gasteiger charge is 2.11. The summed E-state index contributed by atoms with van der Waals surface area (Å²) >= 11 is 0. The van der Waals surface area contributed by atoms with Crippen molar-refractivity contribution in [2.45, 2.75) is 33.4 Å². The number of hydrogen-bond acceptors (Lipinski definition) is 3. The molecule has 0 heterocycles. The first kappa shape index (κ1) is 15.0. The van der Waals surface area contributed by atoms with Crippen LogP contribution < -0.4 is 4.74 Å². The summed E-state index contributed by atoms with van der Waals surface area (Å²) in [6, 6.07) is 8.10. The third kappa shape index (κ3) is 5.52. The second kappa shape index (κ2) is 7.39. The average Bonchev–Trinajstić information content (AvgIpc) is 2.27. The molecular formula is C15H25NO2. The zero-order valence-corrected chi connectivity index (χ0v) is 11.9.